The molecule has 4 amide bonds. The molecule has 1 heterocycles. The number of hydrogen-bond acceptors (Lipinski definition) is 7. The fourth-order valence-electron chi connectivity index (χ4n) is 4.06. The maximum atomic E-state index is 13.3. The second-order valence-corrected chi connectivity index (χ2v) is 10.5. The maximum Gasteiger partial charge on any atom is 0.407 e. The molecule has 0 unspecified atom stereocenters. The van der Waals surface area contributed by atoms with Crippen LogP contribution in [0.25, 0.3) is 0 Å². The topological polar surface area (TPSA) is 154 Å². The van der Waals surface area contributed by atoms with Gasteiger partial charge in [-0.15, -0.1) is 0 Å². The fraction of sp³-hybridized carbons (Fsp3) is 0.577. The Morgan fingerprint density at radius 2 is 1.87 bits per heavy atom. The number of carboxylic acids is 1. The monoisotopic (exact) mass is 584 g/mol. The number of likely N-dealkylation sites (tertiary alicyclic amines) is 1. The first kappa shape index (κ1) is 32.2. The minimum atomic E-state index is -1.18. The van der Waals surface area contributed by atoms with E-state index < -0.39 is 47.9 Å². The van der Waals surface area contributed by atoms with Crippen molar-refractivity contribution in [2.24, 2.45) is 5.92 Å². The van der Waals surface area contributed by atoms with E-state index in [0.29, 0.717) is 30.8 Å². The number of amides is 4. The lowest BCUT2D eigenvalue weighted by molar-refractivity contribution is -0.141. The van der Waals surface area contributed by atoms with Crippen molar-refractivity contribution in [3.63, 3.8) is 0 Å². The molecular formula is C26H37ClN4O7S. The van der Waals surface area contributed by atoms with E-state index in [0.717, 1.165) is 5.56 Å². The number of halogens is 1. The molecule has 39 heavy (non-hydrogen) atoms. The first-order chi connectivity index (χ1) is 18.5. The smallest absolute Gasteiger partial charge is 0.407 e. The van der Waals surface area contributed by atoms with Crippen molar-refractivity contribution in [1.29, 1.82) is 0 Å². The number of ether oxygens (including phenoxy) is 1. The molecule has 11 nitrogen and oxygen atoms in total. The third kappa shape index (κ3) is 10.6. The summed E-state index contributed by atoms with van der Waals surface area (Å²) in [4.78, 5) is 63.8. The van der Waals surface area contributed by atoms with Gasteiger partial charge in [0.15, 0.2) is 0 Å². The van der Waals surface area contributed by atoms with E-state index in [9.17, 15) is 24.0 Å². The predicted octanol–water partition coefficient (Wildman–Crippen LogP) is 2.02. The van der Waals surface area contributed by atoms with Crippen molar-refractivity contribution in [1.82, 2.24) is 20.9 Å². The SMILES string of the molecule is CC(C)COC(=O)N[C@@H](CCC(=O)O)C(=O)N1CCC[C@H]1C(=O)N[C@@H](CS)C(=O)NCCc1ccccc1Cl. The molecule has 1 aliphatic rings. The number of carbonyl (C=O) groups excluding carboxylic acids is 4. The minimum absolute atomic E-state index is 0.0365. The Hall–Kier alpha value is -2.99. The lowest BCUT2D eigenvalue weighted by atomic mass is 10.1. The van der Waals surface area contributed by atoms with Crippen LogP contribution >= 0.6 is 24.2 Å². The molecule has 1 saturated heterocycles. The summed E-state index contributed by atoms with van der Waals surface area (Å²) >= 11 is 10.4. The normalized spacial score (nSPS) is 16.3. The molecule has 2 rings (SSSR count). The highest BCUT2D eigenvalue weighted by molar-refractivity contribution is 7.80. The van der Waals surface area contributed by atoms with Gasteiger partial charge >= 0.3 is 12.1 Å². The summed E-state index contributed by atoms with van der Waals surface area (Å²) in [7, 11) is 0. The summed E-state index contributed by atoms with van der Waals surface area (Å²) in [5, 5.41) is 17.6. The van der Waals surface area contributed by atoms with Crippen molar-refractivity contribution in [3.8, 4) is 0 Å². The Morgan fingerprint density at radius 3 is 2.51 bits per heavy atom. The highest BCUT2D eigenvalue weighted by Crippen LogP contribution is 2.20. The third-order valence-electron chi connectivity index (χ3n) is 6.09. The van der Waals surface area contributed by atoms with Gasteiger partial charge in [0.2, 0.25) is 17.7 Å². The Balaban J connectivity index is 1.99. The van der Waals surface area contributed by atoms with Crippen molar-refractivity contribution in [3.05, 3.63) is 34.9 Å². The fourth-order valence-corrected chi connectivity index (χ4v) is 4.55. The van der Waals surface area contributed by atoms with Gasteiger partial charge in [0.1, 0.15) is 18.1 Å². The third-order valence-corrected chi connectivity index (χ3v) is 6.82. The molecule has 0 spiro atoms. The molecule has 0 radical (unpaired) electrons. The summed E-state index contributed by atoms with van der Waals surface area (Å²) in [5.41, 5.74) is 0.880. The summed E-state index contributed by atoms with van der Waals surface area (Å²) in [5.74, 6) is -2.55. The second-order valence-electron chi connectivity index (χ2n) is 9.69. The first-order valence-electron chi connectivity index (χ1n) is 12.9. The van der Waals surface area contributed by atoms with Gasteiger partial charge in [-0.05, 0) is 43.2 Å². The van der Waals surface area contributed by atoms with Crippen molar-refractivity contribution in [2.45, 2.75) is 64.1 Å². The van der Waals surface area contributed by atoms with E-state index in [-0.39, 0.29) is 37.7 Å². The van der Waals surface area contributed by atoms with Gasteiger partial charge in [0.25, 0.3) is 0 Å². The number of hydrogen-bond donors (Lipinski definition) is 5. The molecule has 0 saturated carbocycles. The van der Waals surface area contributed by atoms with Gasteiger partial charge in [0.05, 0.1) is 6.61 Å². The van der Waals surface area contributed by atoms with Gasteiger partial charge in [-0.25, -0.2) is 4.79 Å². The quantitative estimate of drug-likeness (QED) is 0.210. The lowest BCUT2D eigenvalue weighted by Gasteiger charge is -2.29. The van der Waals surface area contributed by atoms with Crippen molar-refractivity contribution < 1.29 is 33.8 Å². The van der Waals surface area contributed by atoms with Crippen LogP contribution in [-0.2, 0) is 30.3 Å². The van der Waals surface area contributed by atoms with E-state index in [1.54, 1.807) is 6.07 Å². The minimum Gasteiger partial charge on any atom is -0.481 e. The number of nitrogens with zero attached hydrogens (tertiary/aromatic N) is 1. The number of benzene rings is 1. The molecule has 0 bridgehead atoms. The van der Waals surface area contributed by atoms with Crippen LogP contribution in [0.3, 0.4) is 0 Å². The Bertz CT molecular complexity index is 1030. The number of aliphatic carboxylic acids is 1. The maximum absolute atomic E-state index is 13.3. The molecule has 1 aromatic rings. The van der Waals surface area contributed by atoms with E-state index >= 15 is 0 Å². The summed E-state index contributed by atoms with van der Waals surface area (Å²) in [6.45, 7) is 4.39. The average Bonchev–Trinajstić information content (AvgIpc) is 3.39. The number of carboxylic acid groups (broad SMARTS) is 1. The Morgan fingerprint density at radius 1 is 1.15 bits per heavy atom. The van der Waals surface area contributed by atoms with Crippen LogP contribution in [-0.4, -0.2) is 83.4 Å². The molecule has 216 valence electrons. The van der Waals surface area contributed by atoms with Crippen LogP contribution in [0.4, 0.5) is 4.79 Å². The van der Waals surface area contributed by atoms with Crippen molar-refractivity contribution >= 4 is 54.0 Å². The number of alkyl carbamates (subject to hydrolysis) is 1. The Kier molecular flexibility index (Phi) is 13.4. The number of thiol groups is 1. The van der Waals surface area contributed by atoms with E-state index in [2.05, 4.69) is 28.6 Å². The highest BCUT2D eigenvalue weighted by atomic mass is 35.5. The summed E-state index contributed by atoms with van der Waals surface area (Å²) in [6, 6.07) is 4.30. The van der Waals surface area contributed by atoms with Gasteiger partial charge < -0.3 is 30.7 Å². The molecule has 0 aliphatic carbocycles. The molecule has 13 heteroatoms. The van der Waals surface area contributed by atoms with Gasteiger partial charge in [-0.1, -0.05) is 43.6 Å². The van der Waals surface area contributed by atoms with Crippen LogP contribution in [0.5, 0.6) is 0 Å². The van der Waals surface area contributed by atoms with Crippen molar-refractivity contribution in [2.75, 3.05) is 25.4 Å². The number of carbonyl (C=O) groups is 5. The molecule has 3 atom stereocenters. The largest absolute Gasteiger partial charge is 0.481 e. The zero-order chi connectivity index (χ0) is 28.9. The van der Waals surface area contributed by atoms with E-state index in [1.807, 2.05) is 32.0 Å². The second kappa shape index (κ2) is 16.2. The van der Waals surface area contributed by atoms with Gasteiger partial charge in [-0.3, -0.25) is 19.2 Å². The Labute approximate surface area is 238 Å². The molecule has 0 aromatic heterocycles. The summed E-state index contributed by atoms with van der Waals surface area (Å²) in [6.07, 6.45) is 0.0339. The van der Waals surface area contributed by atoms with E-state index in [4.69, 9.17) is 21.4 Å². The summed E-state index contributed by atoms with van der Waals surface area (Å²) < 4.78 is 5.08. The molecule has 1 fully saturated rings. The van der Waals surface area contributed by atoms with Crippen LogP contribution in [0, 0.1) is 5.92 Å². The molecule has 1 aliphatic heterocycles. The average molecular weight is 585 g/mol. The number of nitrogens with one attached hydrogen (secondary N) is 3. The van der Waals surface area contributed by atoms with E-state index in [1.165, 1.54) is 4.90 Å². The lowest BCUT2D eigenvalue weighted by Crippen LogP contribution is -2.56. The standard InChI is InChI=1S/C26H37ClN4O7S/c1-16(2)14-38-26(37)30-19(9-10-22(32)33)25(36)31-13-5-8-21(31)24(35)29-20(15-39)23(34)28-12-11-17-6-3-4-7-18(17)27/h3-4,6-7,16,19-21,39H,5,8-15H2,1-2H3,(H,28,34)(H,29,35)(H,30,37)(H,32,33)/t19-,20-,21-/m0/s1. The molecule has 4 N–H and O–H groups in total. The molecule has 1 aromatic carbocycles. The zero-order valence-electron chi connectivity index (χ0n) is 22.2. The van der Waals surface area contributed by atoms with Gasteiger partial charge in [-0.2, -0.15) is 12.6 Å². The van der Waals surface area contributed by atoms with Crippen LogP contribution in [0.2, 0.25) is 5.02 Å². The highest BCUT2D eigenvalue weighted by Gasteiger charge is 2.39. The van der Waals surface area contributed by atoms with Crippen LogP contribution in [0.1, 0.15) is 45.1 Å². The molecular weight excluding hydrogens is 548 g/mol. The first-order valence-corrected chi connectivity index (χ1v) is 13.9. The van der Waals surface area contributed by atoms with Crippen LogP contribution < -0.4 is 16.0 Å². The zero-order valence-corrected chi connectivity index (χ0v) is 23.8. The number of rotatable bonds is 14. The van der Waals surface area contributed by atoms with Crippen LogP contribution in [0.15, 0.2) is 24.3 Å². The van der Waals surface area contributed by atoms with Gasteiger partial charge in [0, 0.05) is 30.3 Å². The predicted molar refractivity (Wildman–Crippen MR) is 149 cm³/mol.